The van der Waals surface area contributed by atoms with Gasteiger partial charge >= 0.3 is 6.01 Å². The molecule has 3 rings (SSSR count). The zero-order valence-corrected chi connectivity index (χ0v) is 15.7. The molecule has 0 unspecified atom stereocenters. The normalized spacial score (nSPS) is 11.2. The number of hydrogen-bond donors (Lipinski definition) is 1. The maximum absolute atomic E-state index is 12.4. The van der Waals surface area contributed by atoms with Gasteiger partial charge in [-0.3, -0.25) is 4.72 Å². The summed E-state index contributed by atoms with van der Waals surface area (Å²) in [5, 5.41) is 0.471. The Morgan fingerprint density at radius 3 is 2.08 bits per heavy atom. The summed E-state index contributed by atoms with van der Waals surface area (Å²) in [7, 11) is -3.69. The van der Waals surface area contributed by atoms with Crippen molar-refractivity contribution >= 4 is 27.3 Å². The van der Waals surface area contributed by atoms with Gasteiger partial charge in [-0.1, -0.05) is 11.6 Å². The number of rotatable bonds is 5. The molecule has 0 spiro atoms. The number of anilines is 1. The summed E-state index contributed by atoms with van der Waals surface area (Å²) >= 11 is 5.79. The Kier molecular flexibility index (Phi) is 5.11. The van der Waals surface area contributed by atoms with Gasteiger partial charge in [0.1, 0.15) is 5.75 Å². The van der Waals surface area contributed by atoms with Crippen molar-refractivity contribution in [3.05, 3.63) is 71.0 Å². The Bertz CT molecular complexity index is 1000. The van der Waals surface area contributed by atoms with E-state index < -0.39 is 10.0 Å². The zero-order chi connectivity index (χ0) is 18.7. The summed E-state index contributed by atoms with van der Waals surface area (Å²) in [6, 6.07) is 14.5. The van der Waals surface area contributed by atoms with E-state index in [1.54, 1.807) is 24.3 Å². The van der Waals surface area contributed by atoms with Gasteiger partial charge < -0.3 is 4.74 Å². The summed E-state index contributed by atoms with van der Waals surface area (Å²) < 4.78 is 32.8. The summed E-state index contributed by atoms with van der Waals surface area (Å²) in [5.74, 6) is 0.504. The second-order valence-electron chi connectivity index (χ2n) is 5.62. The number of aryl methyl sites for hydroxylation is 2. The van der Waals surface area contributed by atoms with Crippen LogP contribution in [0, 0.1) is 13.8 Å². The Balaban J connectivity index is 1.74. The van der Waals surface area contributed by atoms with Crippen LogP contribution in [0.25, 0.3) is 0 Å². The first kappa shape index (κ1) is 18.2. The molecule has 26 heavy (non-hydrogen) atoms. The smallest absolute Gasteiger partial charge is 0.322 e. The predicted octanol–water partition coefficient (Wildman–Crippen LogP) is 4.34. The molecule has 1 N–H and O–H groups in total. The topological polar surface area (TPSA) is 81.2 Å². The van der Waals surface area contributed by atoms with Crippen LogP contribution in [0.1, 0.15) is 11.4 Å². The third-order valence-electron chi connectivity index (χ3n) is 3.40. The molecule has 0 aliphatic heterocycles. The van der Waals surface area contributed by atoms with Gasteiger partial charge in [-0.2, -0.15) is 0 Å². The van der Waals surface area contributed by atoms with Crippen LogP contribution in [0.2, 0.25) is 5.02 Å². The molecule has 2 aromatic carbocycles. The van der Waals surface area contributed by atoms with E-state index in [4.69, 9.17) is 16.3 Å². The van der Waals surface area contributed by atoms with E-state index in [9.17, 15) is 8.42 Å². The van der Waals surface area contributed by atoms with E-state index >= 15 is 0 Å². The van der Waals surface area contributed by atoms with Gasteiger partial charge in [0.15, 0.2) is 0 Å². The van der Waals surface area contributed by atoms with Crippen molar-refractivity contribution in [3.8, 4) is 11.8 Å². The van der Waals surface area contributed by atoms with Crippen LogP contribution in [-0.2, 0) is 10.0 Å². The SMILES string of the molecule is Cc1cc(C)nc(Oc2ccc(NS(=O)(=O)c3ccc(Cl)cc3)cc2)n1. The van der Waals surface area contributed by atoms with Crippen LogP contribution in [0.3, 0.4) is 0 Å². The molecule has 0 saturated carbocycles. The molecule has 1 heterocycles. The molecule has 1 aromatic heterocycles. The molecule has 6 nitrogen and oxygen atoms in total. The van der Waals surface area contributed by atoms with Crippen molar-refractivity contribution in [2.24, 2.45) is 0 Å². The minimum atomic E-state index is -3.69. The molecule has 0 bridgehead atoms. The monoisotopic (exact) mass is 389 g/mol. The van der Waals surface area contributed by atoms with Gasteiger partial charge in [-0.15, -0.1) is 0 Å². The summed E-state index contributed by atoms with van der Waals surface area (Å²) in [6.45, 7) is 3.71. The molecule has 3 aromatic rings. The van der Waals surface area contributed by atoms with E-state index in [-0.39, 0.29) is 10.9 Å². The van der Waals surface area contributed by atoms with Gasteiger partial charge in [0, 0.05) is 22.1 Å². The van der Waals surface area contributed by atoms with Crippen LogP contribution in [0.15, 0.2) is 59.5 Å². The highest BCUT2D eigenvalue weighted by Gasteiger charge is 2.14. The van der Waals surface area contributed by atoms with E-state index in [1.807, 2.05) is 19.9 Å². The fourth-order valence-corrected chi connectivity index (χ4v) is 3.45. The average molecular weight is 390 g/mol. The van der Waals surface area contributed by atoms with E-state index in [0.29, 0.717) is 16.5 Å². The number of halogens is 1. The molecule has 134 valence electrons. The first-order valence-corrected chi connectivity index (χ1v) is 9.56. The predicted molar refractivity (Wildman–Crippen MR) is 100 cm³/mol. The number of ether oxygens (including phenoxy) is 1. The van der Waals surface area contributed by atoms with E-state index in [1.165, 1.54) is 24.3 Å². The molecule has 0 radical (unpaired) electrons. The minimum absolute atomic E-state index is 0.130. The van der Waals surface area contributed by atoms with Gasteiger partial charge in [-0.05, 0) is 68.4 Å². The molecular formula is C18H16ClN3O3S. The third kappa shape index (κ3) is 4.50. The van der Waals surface area contributed by atoms with E-state index in [2.05, 4.69) is 14.7 Å². The number of benzene rings is 2. The fourth-order valence-electron chi connectivity index (χ4n) is 2.26. The number of hydrogen-bond acceptors (Lipinski definition) is 5. The quantitative estimate of drug-likeness (QED) is 0.701. The molecule has 0 saturated heterocycles. The Labute approximate surface area is 156 Å². The molecule has 0 amide bonds. The van der Waals surface area contributed by atoms with Gasteiger partial charge in [-0.25, -0.2) is 18.4 Å². The van der Waals surface area contributed by atoms with Crippen LogP contribution in [0.4, 0.5) is 5.69 Å². The molecule has 8 heteroatoms. The maximum atomic E-state index is 12.4. The summed E-state index contributed by atoms with van der Waals surface area (Å²) in [4.78, 5) is 8.53. The van der Waals surface area contributed by atoms with Crippen molar-refractivity contribution in [3.63, 3.8) is 0 Å². The highest BCUT2D eigenvalue weighted by molar-refractivity contribution is 7.92. The Hall–Kier alpha value is -2.64. The lowest BCUT2D eigenvalue weighted by Crippen LogP contribution is -2.12. The fraction of sp³-hybridized carbons (Fsp3) is 0.111. The van der Waals surface area contributed by atoms with Crippen LogP contribution in [-0.4, -0.2) is 18.4 Å². The molecular weight excluding hydrogens is 374 g/mol. The van der Waals surface area contributed by atoms with Crippen molar-refractivity contribution in [1.29, 1.82) is 0 Å². The lowest BCUT2D eigenvalue weighted by atomic mass is 10.3. The van der Waals surface area contributed by atoms with Crippen LogP contribution in [0.5, 0.6) is 11.8 Å². The average Bonchev–Trinajstić information content (AvgIpc) is 2.56. The largest absolute Gasteiger partial charge is 0.424 e. The van der Waals surface area contributed by atoms with Crippen molar-refractivity contribution in [2.75, 3.05) is 4.72 Å². The minimum Gasteiger partial charge on any atom is -0.424 e. The first-order chi connectivity index (χ1) is 12.3. The maximum Gasteiger partial charge on any atom is 0.322 e. The number of sulfonamides is 1. The Morgan fingerprint density at radius 1 is 0.923 bits per heavy atom. The van der Waals surface area contributed by atoms with Gasteiger partial charge in [0.25, 0.3) is 10.0 Å². The van der Waals surface area contributed by atoms with E-state index in [0.717, 1.165) is 11.4 Å². The first-order valence-electron chi connectivity index (χ1n) is 7.70. The molecule has 0 fully saturated rings. The van der Waals surface area contributed by atoms with Crippen molar-refractivity contribution < 1.29 is 13.2 Å². The third-order valence-corrected chi connectivity index (χ3v) is 5.05. The lowest BCUT2D eigenvalue weighted by Gasteiger charge is -2.09. The lowest BCUT2D eigenvalue weighted by molar-refractivity contribution is 0.439. The second-order valence-corrected chi connectivity index (χ2v) is 7.74. The standard InChI is InChI=1S/C18H16ClN3O3S/c1-12-11-13(2)21-18(20-12)25-16-7-5-15(6-8-16)22-26(23,24)17-9-3-14(19)4-10-17/h3-11,22H,1-2H3. The number of aromatic nitrogens is 2. The van der Waals surface area contributed by atoms with Crippen molar-refractivity contribution in [1.82, 2.24) is 9.97 Å². The van der Waals surface area contributed by atoms with Gasteiger partial charge in [0.2, 0.25) is 0 Å². The van der Waals surface area contributed by atoms with Crippen LogP contribution >= 0.6 is 11.6 Å². The van der Waals surface area contributed by atoms with Gasteiger partial charge in [0.05, 0.1) is 4.90 Å². The highest BCUT2D eigenvalue weighted by atomic mass is 35.5. The van der Waals surface area contributed by atoms with Crippen molar-refractivity contribution in [2.45, 2.75) is 18.7 Å². The molecule has 0 aliphatic rings. The highest BCUT2D eigenvalue weighted by Crippen LogP contribution is 2.23. The Morgan fingerprint density at radius 2 is 1.50 bits per heavy atom. The zero-order valence-electron chi connectivity index (χ0n) is 14.1. The number of nitrogens with one attached hydrogen (secondary N) is 1. The molecule has 0 aliphatic carbocycles. The molecule has 0 atom stereocenters. The second kappa shape index (κ2) is 7.31. The van der Waals surface area contributed by atoms with Crippen LogP contribution < -0.4 is 9.46 Å². The summed E-state index contributed by atoms with van der Waals surface area (Å²) in [6.07, 6.45) is 0. The summed E-state index contributed by atoms with van der Waals surface area (Å²) in [5.41, 5.74) is 2.02. The number of nitrogens with zero attached hydrogens (tertiary/aromatic N) is 2.